The Bertz CT molecular complexity index is 637. The summed E-state index contributed by atoms with van der Waals surface area (Å²) in [6, 6.07) is 2.65. The van der Waals surface area contributed by atoms with Gasteiger partial charge >= 0.3 is 0 Å². The lowest BCUT2D eigenvalue weighted by atomic mass is 9.43. The number of nitrogens with zero attached hydrogens (tertiary/aromatic N) is 1. The summed E-state index contributed by atoms with van der Waals surface area (Å²) in [7, 11) is 0. The predicted molar refractivity (Wildman–Crippen MR) is 113 cm³/mol. The minimum absolute atomic E-state index is 0.305. The van der Waals surface area contributed by atoms with Gasteiger partial charge in [-0.05, 0) is 85.9 Å². The summed E-state index contributed by atoms with van der Waals surface area (Å²) >= 11 is 0. The Morgan fingerprint density at radius 1 is 0.778 bits per heavy atom. The monoisotopic (exact) mass is 361 g/mol. The molecule has 0 N–H and O–H groups in total. The third-order valence-electron chi connectivity index (χ3n) is 9.03. The van der Waals surface area contributed by atoms with Crippen molar-refractivity contribution in [2.24, 2.45) is 46.3 Å². The summed E-state index contributed by atoms with van der Waals surface area (Å²) in [6.45, 7) is 5.02. The highest BCUT2D eigenvalue weighted by Crippen LogP contribution is 2.67. The molecule has 4 aliphatic rings. The number of terminal acetylenes is 3. The van der Waals surface area contributed by atoms with E-state index in [0.29, 0.717) is 22.7 Å². The van der Waals surface area contributed by atoms with Crippen molar-refractivity contribution in [3.63, 3.8) is 0 Å². The van der Waals surface area contributed by atoms with Gasteiger partial charge in [0.25, 0.3) is 0 Å². The summed E-state index contributed by atoms with van der Waals surface area (Å²) in [5.41, 5.74) is 0.781. The van der Waals surface area contributed by atoms with E-state index in [-0.39, 0.29) is 0 Å². The van der Waals surface area contributed by atoms with Gasteiger partial charge in [0.2, 0.25) is 0 Å². The maximum absolute atomic E-state index is 9.60. The maximum atomic E-state index is 9.60. The van der Waals surface area contributed by atoms with E-state index in [9.17, 15) is 5.26 Å². The van der Waals surface area contributed by atoms with Crippen LogP contribution in [0.15, 0.2) is 0 Å². The topological polar surface area (TPSA) is 23.8 Å². The molecule has 8 atom stereocenters. The number of hydrogen-bond acceptors (Lipinski definition) is 1. The minimum atomic E-state index is 0.305. The molecule has 0 saturated heterocycles. The van der Waals surface area contributed by atoms with E-state index in [1.54, 1.807) is 0 Å². The summed E-state index contributed by atoms with van der Waals surface area (Å²) in [6.07, 6.45) is 33.7. The van der Waals surface area contributed by atoms with Gasteiger partial charge in [0.1, 0.15) is 0 Å². The maximum Gasteiger partial charge on any atom is 0.0661 e. The Hall–Kier alpha value is -1.83. The third kappa shape index (κ3) is 3.17. The highest BCUT2D eigenvalue weighted by Gasteiger charge is 2.60. The van der Waals surface area contributed by atoms with Crippen molar-refractivity contribution in [1.29, 1.82) is 5.26 Å². The van der Waals surface area contributed by atoms with Crippen LogP contribution >= 0.6 is 0 Å². The normalized spacial score (nSPS) is 47.0. The van der Waals surface area contributed by atoms with Crippen LogP contribution in [-0.4, -0.2) is 0 Å². The molecule has 1 nitrogen and oxygen atoms in total. The Morgan fingerprint density at radius 3 is 2.04 bits per heavy atom. The van der Waals surface area contributed by atoms with Gasteiger partial charge in [-0.1, -0.05) is 20.3 Å². The summed E-state index contributed by atoms with van der Waals surface area (Å²) < 4.78 is 0. The fourth-order valence-electron chi connectivity index (χ4n) is 7.83. The van der Waals surface area contributed by atoms with E-state index in [4.69, 9.17) is 6.42 Å². The number of rotatable bonds is 0. The van der Waals surface area contributed by atoms with Gasteiger partial charge in [-0.3, -0.25) is 0 Å². The lowest BCUT2D eigenvalue weighted by Crippen LogP contribution is -2.54. The Kier molecular flexibility index (Phi) is 6.72. The number of nitriles is 1. The Balaban J connectivity index is 0.000000614. The van der Waals surface area contributed by atoms with E-state index in [1.165, 1.54) is 51.4 Å². The quantitative estimate of drug-likeness (QED) is 0.491. The molecule has 4 fully saturated rings. The average molecular weight is 362 g/mol. The number of hydrogen-bond donors (Lipinski definition) is 0. The second-order valence-electron chi connectivity index (χ2n) is 9.54. The van der Waals surface area contributed by atoms with Crippen molar-refractivity contribution < 1.29 is 0 Å². The largest absolute Gasteiger partial charge is 0.198 e. The predicted octanol–water partition coefficient (Wildman–Crippen LogP) is 5.92. The molecule has 0 aromatic rings. The first-order valence-corrected chi connectivity index (χ1v) is 10.6. The smallest absolute Gasteiger partial charge is 0.0661 e. The van der Waals surface area contributed by atoms with Crippen LogP contribution in [0, 0.1) is 95.7 Å². The summed E-state index contributed by atoms with van der Waals surface area (Å²) in [4.78, 5) is 0. The van der Waals surface area contributed by atoms with Crippen LogP contribution < -0.4 is 0 Å². The van der Waals surface area contributed by atoms with E-state index in [0.717, 1.165) is 30.1 Å². The van der Waals surface area contributed by atoms with Crippen molar-refractivity contribution in [1.82, 2.24) is 0 Å². The molecule has 0 spiro atoms. The second-order valence-corrected chi connectivity index (χ2v) is 9.54. The molecule has 0 bridgehead atoms. The average Bonchev–Trinajstić information content (AvgIpc) is 3.06. The van der Waals surface area contributed by atoms with E-state index < -0.39 is 0 Å². The van der Waals surface area contributed by atoms with Crippen LogP contribution in [0.4, 0.5) is 0 Å². The zero-order valence-electron chi connectivity index (χ0n) is 17.2. The van der Waals surface area contributed by atoms with Gasteiger partial charge < -0.3 is 0 Å². The molecule has 0 heterocycles. The van der Waals surface area contributed by atoms with Crippen molar-refractivity contribution in [3.05, 3.63) is 0 Å². The van der Waals surface area contributed by atoms with Crippen LogP contribution in [0.2, 0.25) is 0 Å². The SMILES string of the molecule is C#C.C#C.C#CC1CCCC2(C)C1CCC1C3CCC(C#N)C3(C)CCC12. The van der Waals surface area contributed by atoms with Crippen LogP contribution in [0.1, 0.15) is 71.6 Å². The molecule has 0 aromatic carbocycles. The fraction of sp³-hybridized carbons (Fsp3) is 0.731. The third-order valence-corrected chi connectivity index (χ3v) is 9.03. The second kappa shape index (κ2) is 8.46. The Morgan fingerprint density at radius 2 is 1.41 bits per heavy atom. The first kappa shape index (κ1) is 21.5. The molecular formula is C26H35N. The van der Waals surface area contributed by atoms with Gasteiger partial charge in [0.15, 0.2) is 0 Å². The lowest BCUT2D eigenvalue weighted by molar-refractivity contribution is -0.116. The van der Waals surface area contributed by atoms with Gasteiger partial charge in [-0.2, -0.15) is 5.26 Å². The van der Waals surface area contributed by atoms with Crippen LogP contribution in [0.25, 0.3) is 0 Å². The van der Waals surface area contributed by atoms with Gasteiger partial charge in [0.05, 0.1) is 12.0 Å². The molecule has 1 heteroatoms. The zero-order chi connectivity index (χ0) is 20.2. The Labute approximate surface area is 167 Å². The molecule has 4 aliphatic carbocycles. The highest BCUT2D eigenvalue weighted by molar-refractivity contribution is 5.14. The summed E-state index contributed by atoms with van der Waals surface area (Å²) in [5, 5.41) is 9.60. The fourth-order valence-corrected chi connectivity index (χ4v) is 7.83. The number of fused-ring (bicyclic) bond motifs is 5. The van der Waals surface area contributed by atoms with Crippen molar-refractivity contribution >= 4 is 0 Å². The molecule has 0 aromatic heterocycles. The zero-order valence-corrected chi connectivity index (χ0v) is 17.2. The summed E-state index contributed by atoms with van der Waals surface area (Å²) in [5.74, 6) is 7.28. The standard InChI is InChI=1S/C22H31N.2C2H2/c1-4-15-6-5-12-22(3)18(15)10-8-17-19-9-7-16(14-23)21(19,2)13-11-20(17)22;2*1-2/h1,15-20H,5-13H2,2-3H3;2*1-2H. The minimum Gasteiger partial charge on any atom is -0.198 e. The first-order chi connectivity index (χ1) is 13.0. The van der Waals surface area contributed by atoms with Gasteiger partial charge in [-0.15, -0.1) is 38.0 Å². The van der Waals surface area contributed by atoms with Crippen molar-refractivity contribution in [3.8, 4) is 44.1 Å². The first-order valence-electron chi connectivity index (χ1n) is 10.6. The molecule has 27 heavy (non-hydrogen) atoms. The highest BCUT2D eigenvalue weighted by atomic mass is 14.6. The molecule has 4 saturated carbocycles. The van der Waals surface area contributed by atoms with Crippen LogP contribution in [0.5, 0.6) is 0 Å². The molecule has 0 radical (unpaired) electrons. The lowest BCUT2D eigenvalue weighted by Gasteiger charge is -2.61. The molecule has 0 aliphatic heterocycles. The van der Waals surface area contributed by atoms with E-state index in [1.807, 2.05) is 0 Å². The molecule has 144 valence electrons. The van der Waals surface area contributed by atoms with Crippen molar-refractivity contribution in [2.45, 2.75) is 71.6 Å². The van der Waals surface area contributed by atoms with Gasteiger partial charge in [0, 0.05) is 5.92 Å². The molecule has 8 unspecified atom stereocenters. The van der Waals surface area contributed by atoms with Gasteiger partial charge in [-0.25, -0.2) is 0 Å². The van der Waals surface area contributed by atoms with Crippen LogP contribution in [0.3, 0.4) is 0 Å². The molecule has 4 rings (SSSR count). The molecule has 0 amide bonds. The van der Waals surface area contributed by atoms with Crippen LogP contribution in [-0.2, 0) is 0 Å². The van der Waals surface area contributed by atoms with E-state index in [2.05, 4.69) is 51.5 Å². The van der Waals surface area contributed by atoms with Crippen molar-refractivity contribution in [2.75, 3.05) is 0 Å². The molecular weight excluding hydrogens is 326 g/mol. The van der Waals surface area contributed by atoms with E-state index >= 15 is 0 Å².